The first-order valence-corrected chi connectivity index (χ1v) is 7.86. The molecule has 0 radical (unpaired) electrons. The van der Waals surface area contributed by atoms with Gasteiger partial charge in [0.25, 0.3) is 0 Å². The third kappa shape index (κ3) is 6.68. The van der Waals surface area contributed by atoms with Crippen molar-refractivity contribution in [1.29, 1.82) is 0 Å². The summed E-state index contributed by atoms with van der Waals surface area (Å²) in [4.78, 5) is 13.9. The Hall–Kier alpha value is -0.650. The lowest BCUT2D eigenvalue weighted by molar-refractivity contribution is -0.122. The zero-order valence-electron chi connectivity index (χ0n) is 13.3. The van der Waals surface area contributed by atoms with E-state index in [9.17, 15) is 4.79 Å². The van der Waals surface area contributed by atoms with Crippen molar-refractivity contribution in [3.8, 4) is 0 Å². The summed E-state index contributed by atoms with van der Waals surface area (Å²) in [7, 11) is 3.70. The van der Waals surface area contributed by atoms with Crippen LogP contribution < -0.4 is 10.6 Å². The first-order chi connectivity index (χ1) is 9.67. The molecule has 1 aliphatic carbocycles. The van der Waals surface area contributed by atoms with Gasteiger partial charge in [0, 0.05) is 25.7 Å². The lowest BCUT2D eigenvalue weighted by Gasteiger charge is -2.34. The Kier molecular flexibility index (Phi) is 8.82. The molecular weight excluding hydrogens is 254 g/mol. The number of rotatable bonds is 9. The molecule has 0 aliphatic heterocycles. The minimum absolute atomic E-state index is 0.0933. The van der Waals surface area contributed by atoms with Gasteiger partial charge in [0.2, 0.25) is 5.91 Å². The number of hydrogen-bond donors (Lipinski definition) is 2. The third-order valence-electron chi connectivity index (χ3n) is 4.02. The minimum Gasteiger partial charge on any atom is -0.383 e. The fourth-order valence-corrected chi connectivity index (χ4v) is 2.77. The van der Waals surface area contributed by atoms with Crippen LogP contribution in [0.3, 0.4) is 0 Å². The van der Waals surface area contributed by atoms with E-state index in [1.165, 1.54) is 32.1 Å². The Morgan fingerprint density at radius 3 is 2.55 bits per heavy atom. The smallest absolute Gasteiger partial charge is 0.234 e. The maximum absolute atomic E-state index is 11.8. The molecule has 0 aromatic rings. The molecule has 0 saturated heterocycles. The van der Waals surface area contributed by atoms with Crippen LogP contribution in [0.25, 0.3) is 0 Å². The average Bonchev–Trinajstić information content (AvgIpc) is 2.46. The van der Waals surface area contributed by atoms with Crippen LogP contribution in [-0.2, 0) is 9.53 Å². The standard InChI is InChI=1S/C15H31N3O2/c1-4-9-16-13-5-7-14(8-6-13)18(2)12-15(19)17-10-11-20-3/h13-14,16H,4-12H2,1-3H3,(H,17,19). The van der Waals surface area contributed by atoms with Gasteiger partial charge < -0.3 is 15.4 Å². The number of methoxy groups -OCH3 is 1. The Bertz CT molecular complexity index is 266. The van der Waals surface area contributed by atoms with Gasteiger partial charge in [-0.1, -0.05) is 6.92 Å². The van der Waals surface area contributed by atoms with Gasteiger partial charge in [-0.25, -0.2) is 0 Å². The van der Waals surface area contributed by atoms with Crippen LogP contribution in [0.4, 0.5) is 0 Å². The molecule has 0 unspecified atom stereocenters. The number of ether oxygens (including phenoxy) is 1. The van der Waals surface area contributed by atoms with E-state index in [0.717, 1.165) is 6.54 Å². The molecule has 1 saturated carbocycles. The molecule has 0 aromatic carbocycles. The van der Waals surface area contributed by atoms with Crippen molar-refractivity contribution in [1.82, 2.24) is 15.5 Å². The molecule has 1 rings (SSSR count). The van der Waals surface area contributed by atoms with Gasteiger partial charge in [-0.15, -0.1) is 0 Å². The Morgan fingerprint density at radius 1 is 1.25 bits per heavy atom. The predicted molar refractivity (Wildman–Crippen MR) is 81.9 cm³/mol. The van der Waals surface area contributed by atoms with Crippen LogP contribution in [0.2, 0.25) is 0 Å². The molecule has 5 nitrogen and oxygen atoms in total. The molecule has 0 spiro atoms. The van der Waals surface area contributed by atoms with Crippen LogP contribution >= 0.6 is 0 Å². The fraction of sp³-hybridized carbons (Fsp3) is 0.933. The number of hydrogen-bond acceptors (Lipinski definition) is 4. The average molecular weight is 285 g/mol. The first kappa shape index (κ1) is 17.4. The predicted octanol–water partition coefficient (Wildman–Crippen LogP) is 0.992. The highest BCUT2D eigenvalue weighted by molar-refractivity contribution is 5.77. The van der Waals surface area contributed by atoms with Gasteiger partial charge in [-0.3, -0.25) is 9.69 Å². The van der Waals surface area contributed by atoms with Crippen molar-refractivity contribution in [3.63, 3.8) is 0 Å². The van der Waals surface area contributed by atoms with Gasteiger partial charge in [-0.05, 0) is 45.7 Å². The molecule has 2 N–H and O–H groups in total. The number of amides is 1. The summed E-state index contributed by atoms with van der Waals surface area (Å²) in [6.07, 6.45) is 6.01. The molecule has 5 heteroatoms. The molecule has 1 fully saturated rings. The molecule has 0 bridgehead atoms. The summed E-state index contributed by atoms with van der Waals surface area (Å²) in [5.41, 5.74) is 0. The zero-order valence-corrected chi connectivity index (χ0v) is 13.3. The van der Waals surface area contributed by atoms with Gasteiger partial charge >= 0.3 is 0 Å². The number of likely N-dealkylation sites (N-methyl/N-ethyl adjacent to an activating group) is 1. The maximum atomic E-state index is 11.8. The van der Waals surface area contributed by atoms with Crippen LogP contribution in [0.15, 0.2) is 0 Å². The van der Waals surface area contributed by atoms with E-state index in [-0.39, 0.29) is 5.91 Å². The van der Waals surface area contributed by atoms with Crippen LogP contribution in [0.1, 0.15) is 39.0 Å². The monoisotopic (exact) mass is 285 g/mol. The summed E-state index contributed by atoms with van der Waals surface area (Å²) >= 11 is 0. The number of carbonyl (C=O) groups is 1. The Labute approximate surface area is 123 Å². The molecule has 0 heterocycles. The number of nitrogens with zero attached hydrogens (tertiary/aromatic N) is 1. The van der Waals surface area contributed by atoms with E-state index in [4.69, 9.17) is 4.74 Å². The molecule has 0 aromatic heterocycles. The number of carbonyl (C=O) groups excluding carboxylic acids is 1. The van der Waals surface area contributed by atoms with E-state index >= 15 is 0 Å². The highest BCUT2D eigenvalue weighted by atomic mass is 16.5. The van der Waals surface area contributed by atoms with Crippen LogP contribution in [-0.4, -0.2) is 63.3 Å². The van der Waals surface area contributed by atoms with Crippen molar-refractivity contribution < 1.29 is 9.53 Å². The summed E-state index contributed by atoms with van der Waals surface area (Å²) < 4.78 is 4.92. The van der Waals surface area contributed by atoms with Gasteiger partial charge in [0.1, 0.15) is 0 Å². The first-order valence-electron chi connectivity index (χ1n) is 7.86. The highest BCUT2D eigenvalue weighted by Crippen LogP contribution is 2.22. The van der Waals surface area contributed by atoms with Crippen LogP contribution in [0.5, 0.6) is 0 Å². The van der Waals surface area contributed by atoms with Crippen molar-refractivity contribution in [2.45, 2.75) is 51.1 Å². The van der Waals surface area contributed by atoms with E-state index < -0.39 is 0 Å². The van der Waals surface area contributed by atoms with Gasteiger partial charge in [0.05, 0.1) is 13.2 Å². The normalized spacial score (nSPS) is 23.0. The zero-order chi connectivity index (χ0) is 14.8. The lowest BCUT2D eigenvalue weighted by Crippen LogP contribution is -2.45. The van der Waals surface area contributed by atoms with Gasteiger partial charge in [0.15, 0.2) is 0 Å². The third-order valence-corrected chi connectivity index (χ3v) is 4.02. The van der Waals surface area contributed by atoms with Crippen molar-refractivity contribution in [3.05, 3.63) is 0 Å². The van der Waals surface area contributed by atoms with E-state index in [0.29, 0.717) is 31.8 Å². The minimum atomic E-state index is 0.0933. The Morgan fingerprint density at radius 2 is 1.95 bits per heavy atom. The second-order valence-corrected chi connectivity index (χ2v) is 5.72. The van der Waals surface area contributed by atoms with Crippen LogP contribution in [0, 0.1) is 0 Å². The van der Waals surface area contributed by atoms with Crippen molar-refractivity contribution in [2.75, 3.05) is 40.4 Å². The molecule has 1 amide bonds. The quantitative estimate of drug-likeness (QED) is 0.620. The summed E-state index contributed by atoms with van der Waals surface area (Å²) in [5, 5.41) is 6.47. The largest absolute Gasteiger partial charge is 0.383 e. The summed E-state index contributed by atoms with van der Waals surface area (Å²) in [6, 6.07) is 1.22. The molecular formula is C15H31N3O2. The van der Waals surface area contributed by atoms with E-state index in [2.05, 4.69) is 29.5 Å². The lowest BCUT2D eigenvalue weighted by atomic mass is 9.90. The molecule has 1 aliphatic rings. The molecule has 20 heavy (non-hydrogen) atoms. The summed E-state index contributed by atoms with van der Waals surface area (Å²) in [5.74, 6) is 0.0933. The maximum Gasteiger partial charge on any atom is 0.234 e. The van der Waals surface area contributed by atoms with E-state index in [1.54, 1.807) is 7.11 Å². The second-order valence-electron chi connectivity index (χ2n) is 5.72. The van der Waals surface area contributed by atoms with Crippen molar-refractivity contribution in [2.24, 2.45) is 0 Å². The number of nitrogens with one attached hydrogen (secondary N) is 2. The SMILES string of the molecule is CCCNC1CCC(N(C)CC(=O)NCCOC)CC1. The molecule has 0 atom stereocenters. The van der Waals surface area contributed by atoms with Crippen molar-refractivity contribution >= 4 is 5.91 Å². The topological polar surface area (TPSA) is 53.6 Å². The summed E-state index contributed by atoms with van der Waals surface area (Å²) in [6.45, 7) is 4.98. The highest BCUT2D eigenvalue weighted by Gasteiger charge is 2.24. The molecule has 118 valence electrons. The van der Waals surface area contributed by atoms with Gasteiger partial charge in [-0.2, -0.15) is 0 Å². The Balaban J connectivity index is 2.18. The second kappa shape index (κ2) is 10.1. The fourth-order valence-electron chi connectivity index (χ4n) is 2.77. The van der Waals surface area contributed by atoms with E-state index in [1.807, 2.05) is 0 Å².